The summed E-state index contributed by atoms with van der Waals surface area (Å²) < 4.78 is 0. The predicted molar refractivity (Wildman–Crippen MR) is 96.1 cm³/mol. The molecule has 3 aromatic rings. The molecule has 1 aliphatic rings. The Hall–Kier alpha value is -3.13. The fourth-order valence-corrected chi connectivity index (χ4v) is 3.24. The summed E-state index contributed by atoms with van der Waals surface area (Å²) in [6, 6.07) is 22.9. The summed E-state index contributed by atoms with van der Waals surface area (Å²) in [4.78, 5) is 12.9. The van der Waals surface area contributed by atoms with Crippen molar-refractivity contribution in [1.29, 1.82) is 0 Å². The molecule has 0 saturated carbocycles. The van der Waals surface area contributed by atoms with Gasteiger partial charge in [0.25, 0.3) is 0 Å². The van der Waals surface area contributed by atoms with Gasteiger partial charge in [-0.15, -0.1) is 0 Å². The third-order valence-electron chi connectivity index (χ3n) is 4.41. The third kappa shape index (κ3) is 2.42. The highest BCUT2D eigenvalue weighted by molar-refractivity contribution is 6.14. The molecule has 4 rings (SSSR count). The summed E-state index contributed by atoms with van der Waals surface area (Å²) in [6.07, 6.45) is 2.42. The van der Waals surface area contributed by atoms with Gasteiger partial charge in [-0.3, -0.25) is 4.79 Å². The second-order valence-electron chi connectivity index (χ2n) is 5.94. The largest absolute Gasteiger partial charge is 0.507 e. The fraction of sp³-hybridized carbons (Fsp3) is 0.0455. The Morgan fingerprint density at radius 2 is 1.54 bits per heavy atom. The van der Waals surface area contributed by atoms with Crippen LogP contribution < -0.4 is 0 Å². The van der Waals surface area contributed by atoms with E-state index in [1.165, 1.54) is 0 Å². The van der Waals surface area contributed by atoms with Gasteiger partial charge in [-0.1, -0.05) is 72.8 Å². The highest BCUT2D eigenvalue weighted by Gasteiger charge is 2.24. The van der Waals surface area contributed by atoms with Gasteiger partial charge in [0.15, 0.2) is 5.78 Å². The molecule has 1 N–H and O–H groups in total. The van der Waals surface area contributed by atoms with Crippen molar-refractivity contribution in [2.45, 2.75) is 6.42 Å². The predicted octanol–water partition coefficient (Wildman–Crippen LogP) is 4.88. The van der Waals surface area contributed by atoms with Crippen LogP contribution in [0.2, 0.25) is 0 Å². The smallest absolute Gasteiger partial charge is 0.194 e. The SMILES string of the molecule is O=C1c2ccccc2Cc2cccc(C=C(O)c3ccccc3)c21. The lowest BCUT2D eigenvalue weighted by molar-refractivity contribution is 0.103. The molecule has 1 aliphatic carbocycles. The minimum Gasteiger partial charge on any atom is -0.507 e. The first-order chi connectivity index (χ1) is 11.7. The molecule has 0 atom stereocenters. The average Bonchev–Trinajstić information content (AvgIpc) is 2.62. The summed E-state index contributed by atoms with van der Waals surface area (Å²) in [5.74, 6) is 0.190. The molecule has 0 amide bonds. The number of hydrogen-bond donors (Lipinski definition) is 1. The highest BCUT2D eigenvalue weighted by Crippen LogP contribution is 2.30. The number of carbonyl (C=O) groups is 1. The van der Waals surface area contributed by atoms with Crippen molar-refractivity contribution < 1.29 is 9.90 Å². The molecule has 0 bridgehead atoms. The lowest BCUT2D eigenvalue weighted by Gasteiger charge is -2.20. The van der Waals surface area contributed by atoms with Gasteiger partial charge in [0.05, 0.1) is 0 Å². The molecular formula is C22H16O2. The van der Waals surface area contributed by atoms with Crippen LogP contribution in [-0.4, -0.2) is 10.9 Å². The van der Waals surface area contributed by atoms with Crippen LogP contribution in [0.4, 0.5) is 0 Å². The van der Waals surface area contributed by atoms with E-state index < -0.39 is 0 Å². The minimum absolute atomic E-state index is 0.0274. The normalized spacial score (nSPS) is 13.3. The number of aliphatic hydroxyl groups excluding tert-OH is 1. The molecule has 0 fully saturated rings. The monoisotopic (exact) mass is 312 g/mol. The quantitative estimate of drug-likeness (QED) is 0.423. The van der Waals surface area contributed by atoms with E-state index in [9.17, 15) is 9.90 Å². The van der Waals surface area contributed by atoms with Crippen molar-refractivity contribution in [3.63, 3.8) is 0 Å². The van der Waals surface area contributed by atoms with E-state index in [0.717, 1.165) is 34.2 Å². The lowest BCUT2D eigenvalue weighted by Crippen LogP contribution is -2.16. The van der Waals surface area contributed by atoms with Crippen molar-refractivity contribution in [1.82, 2.24) is 0 Å². The second-order valence-corrected chi connectivity index (χ2v) is 5.94. The number of fused-ring (bicyclic) bond motifs is 2. The number of rotatable bonds is 2. The van der Waals surface area contributed by atoms with Crippen LogP contribution in [0, 0.1) is 0 Å². The Morgan fingerprint density at radius 1 is 0.833 bits per heavy atom. The van der Waals surface area contributed by atoms with E-state index in [1.807, 2.05) is 72.8 Å². The second kappa shape index (κ2) is 5.82. The third-order valence-corrected chi connectivity index (χ3v) is 4.41. The summed E-state index contributed by atoms with van der Waals surface area (Å²) in [5, 5.41) is 10.4. The lowest BCUT2D eigenvalue weighted by atomic mass is 9.82. The van der Waals surface area contributed by atoms with Crippen molar-refractivity contribution in [2.75, 3.05) is 0 Å². The van der Waals surface area contributed by atoms with Gasteiger partial charge in [0.1, 0.15) is 5.76 Å². The van der Waals surface area contributed by atoms with E-state index in [0.29, 0.717) is 5.56 Å². The van der Waals surface area contributed by atoms with Crippen molar-refractivity contribution in [2.24, 2.45) is 0 Å². The van der Waals surface area contributed by atoms with E-state index in [4.69, 9.17) is 0 Å². The number of carbonyl (C=O) groups excluding carboxylic acids is 1. The van der Waals surface area contributed by atoms with Crippen LogP contribution in [0.25, 0.3) is 11.8 Å². The first kappa shape index (κ1) is 14.5. The number of benzene rings is 3. The Balaban J connectivity index is 1.83. The standard InChI is InChI=1S/C22H16O2/c23-20(15-7-2-1-3-8-15)14-18-11-6-10-17-13-16-9-4-5-12-19(16)22(24)21(17)18/h1-12,14,23H,13H2. The average molecular weight is 312 g/mol. The maximum absolute atomic E-state index is 12.9. The zero-order valence-electron chi connectivity index (χ0n) is 13.1. The summed E-state index contributed by atoms with van der Waals surface area (Å²) in [5.41, 5.74) is 5.01. The fourth-order valence-electron chi connectivity index (χ4n) is 3.24. The Kier molecular flexibility index (Phi) is 3.51. The van der Waals surface area contributed by atoms with E-state index >= 15 is 0 Å². The molecular weight excluding hydrogens is 296 g/mol. The molecule has 0 aromatic heterocycles. The van der Waals surface area contributed by atoms with Crippen LogP contribution in [0.1, 0.15) is 38.2 Å². The Morgan fingerprint density at radius 3 is 2.38 bits per heavy atom. The van der Waals surface area contributed by atoms with Crippen LogP contribution in [0.5, 0.6) is 0 Å². The van der Waals surface area contributed by atoms with E-state index in [2.05, 4.69) is 0 Å². The van der Waals surface area contributed by atoms with Gasteiger partial charge in [0, 0.05) is 16.7 Å². The van der Waals surface area contributed by atoms with Crippen LogP contribution >= 0.6 is 0 Å². The molecule has 2 nitrogen and oxygen atoms in total. The first-order valence-electron chi connectivity index (χ1n) is 7.94. The van der Waals surface area contributed by atoms with E-state index in [-0.39, 0.29) is 11.5 Å². The molecule has 0 aliphatic heterocycles. The van der Waals surface area contributed by atoms with Gasteiger partial charge < -0.3 is 5.11 Å². The van der Waals surface area contributed by atoms with Gasteiger partial charge >= 0.3 is 0 Å². The summed E-state index contributed by atoms with van der Waals surface area (Å²) in [6.45, 7) is 0. The molecule has 116 valence electrons. The van der Waals surface area contributed by atoms with Gasteiger partial charge in [0.2, 0.25) is 0 Å². The van der Waals surface area contributed by atoms with Gasteiger partial charge in [-0.05, 0) is 29.2 Å². The molecule has 0 heterocycles. The van der Waals surface area contributed by atoms with E-state index in [1.54, 1.807) is 6.08 Å². The maximum Gasteiger partial charge on any atom is 0.194 e. The Labute approximate surface area is 140 Å². The number of hydrogen-bond acceptors (Lipinski definition) is 2. The molecule has 0 spiro atoms. The molecule has 0 saturated heterocycles. The molecule has 24 heavy (non-hydrogen) atoms. The van der Waals surface area contributed by atoms with Crippen molar-refractivity contribution in [3.8, 4) is 0 Å². The Bertz CT molecular complexity index is 953. The molecule has 2 heteroatoms. The molecule has 3 aromatic carbocycles. The van der Waals surface area contributed by atoms with Crippen LogP contribution in [-0.2, 0) is 6.42 Å². The maximum atomic E-state index is 12.9. The van der Waals surface area contributed by atoms with Crippen LogP contribution in [0.15, 0.2) is 72.8 Å². The summed E-state index contributed by atoms with van der Waals surface area (Å²) in [7, 11) is 0. The van der Waals surface area contributed by atoms with Gasteiger partial charge in [-0.25, -0.2) is 0 Å². The van der Waals surface area contributed by atoms with Crippen LogP contribution in [0.3, 0.4) is 0 Å². The van der Waals surface area contributed by atoms with Crippen molar-refractivity contribution >= 4 is 17.6 Å². The zero-order chi connectivity index (χ0) is 16.5. The minimum atomic E-state index is 0.0274. The van der Waals surface area contributed by atoms with Crippen molar-refractivity contribution in [3.05, 3.63) is 106 Å². The number of ketones is 1. The first-order valence-corrected chi connectivity index (χ1v) is 7.94. The molecule has 0 radical (unpaired) electrons. The highest BCUT2D eigenvalue weighted by atomic mass is 16.3. The number of aliphatic hydroxyl groups is 1. The van der Waals surface area contributed by atoms with Gasteiger partial charge in [-0.2, -0.15) is 0 Å². The topological polar surface area (TPSA) is 37.3 Å². The summed E-state index contributed by atoms with van der Waals surface area (Å²) >= 11 is 0. The molecule has 0 unspecified atom stereocenters. The zero-order valence-corrected chi connectivity index (χ0v) is 13.1.